The van der Waals surface area contributed by atoms with Crippen LogP contribution in [0, 0.1) is 12.3 Å². The van der Waals surface area contributed by atoms with Crippen LogP contribution in [0.4, 0.5) is 0 Å². The van der Waals surface area contributed by atoms with E-state index < -0.39 is 0 Å². The Labute approximate surface area is 50.0 Å². The lowest BCUT2D eigenvalue weighted by Crippen LogP contribution is -2.24. The molecule has 0 radical (unpaired) electrons. The second-order valence-corrected chi connectivity index (χ2v) is 1.62. The summed E-state index contributed by atoms with van der Waals surface area (Å²) < 4.78 is 4.74. The van der Waals surface area contributed by atoms with Crippen LogP contribution in [-0.4, -0.2) is 19.8 Å². The van der Waals surface area contributed by atoms with Crippen LogP contribution in [0.25, 0.3) is 0 Å². The van der Waals surface area contributed by atoms with Gasteiger partial charge in [0.2, 0.25) is 0 Å². The van der Waals surface area contributed by atoms with Crippen LogP contribution >= 0.6 is 0 Å². The Hall–Kier alpha value is -0.520. The van der Waals surface area contributed by atoms with Crippen molar-refractivity contribution in [2.75, 3.05) is 13.7 Å². The van der Waals surface area contributed by atoms with Crippen LogP contribution in [-0.2, 0) is 4.74 Å². The second-order valence-electron chi connectivity index (χ2n) is 1.62. The molecule has 0 bridgehead atoms. The van der Waals surface area contributed by atoms with Gasteiger partial charge in [-0.05, 0) is 0 Å². The summed E-state index contributed by atoms with van der Waals surface area (Å²) >= 11 is 0. The zero-order valence-electron chi connectivity index (χ0n) is 5.05. The summed E-state index contributed by atoms with van der Waals surface area (Å²) in [4.78, 5) is 0. The zero-order chi connectivity index (χ0) is 6.41. The molecular formula is C6H11NO. The quantitative estimate of drug-likeness (QED) is 0.522. The van der Waals surface area contributed by atoms with E-state index in [0.29, 0.717) is 13.0 Å². The Morgan fingerprint density at radius 3 is 2.88 bits per heavy atom. The van der Waals surface area contributed by atoms with Crippen molar-refractivity contribution in [3.63, 3.8) is 0 Å². The number of ether oxygens (including phenoxy) is 1. The lowest BCUT2D eigenvalue weighted by molar-refractivity contribution is 0.181. The predicted octanol–water partition coefficient (Wildman–Crippen LogP) is -0.0166. The number of rotatable bonds is 3. The number of hydrogen-bond acceptors (Lipinski definition) is 2. The van der Waals surface area contributed by atoms with Gasteiger partial charge in [-0.15, -0.1) is 12.3 Å². The fourth-order valence-corrected chi connectivity index (χ4v) is 0.424. The number of nitrogens with two attached hydrogens (primary N) is 1. The average Bonchev–Trinajstić information content (AvgIpc) is 1.68. The molecule has 0 unspecified atom stereocenters. The van der Waals surface area contributed by atoms with E-state index >= 15 is 0 Å². The molecule has 46 valence electrons. The van der Waals surface area contributed by atoms with E-state index in [4.69, 9.17) is 16.9 Å². The molecule has 0 saturated heterocycles. The van der Waals surface area contributed by atoms with Crippen LogP contribution in [0.1, 0.15) is 6.42 Å². The summed E-state index contributed by atoms with van der Waals surface area (Å²) in [5.41, 5.74) is 5.43. The third-order valence-electron chi connectivity index (χ3n) is 0.761. The lowest BCUT2D eigenvalue weighted by atomic mass is 10.2. The minimum absolute atomic E-state index is 0.00463. The van der Waals surface area contributed by atoms with Crippen LogP contribution in [0.2, 0.25) is 0 Å². The van der Waals surface area contributed by atoms with Crippen LogP contribution < -0.4 is 5.73 Å². The Kier molecular flexibility index (Phi) is 4.33. The van der Waals surface area contributed by atoms with Gasteiger partial charge in [-0.1, -0.05) is 0 Å². The fourth-order valence-electron chi connectivity index (χ4n) is 0.424. The molecule has 0 heterocycles. The van der Waals surface area contributed by atoms with E-state index in [9.17, 15) is 0 Å². The zero-order valence-corrected chi connectivity index (χ0v) is 5.05. The normalized spacial score (nSPS) is 12.6. The molecule has 0 aliphatic rings. The molecule has 0 fully saturated rings. The average molecular weight is 113 g/mol. The van der Waals surface area contributed by atoms with Gasteiger partial charge in [0, 0.05) is 19.6 Å². The molecule has 2 nitrogen and oxygen atoms in total. The molecule has 0 aliphatic carbocycles. The van der Waals surface area contributed by atoms with Crippen molar-refractivity contribution in [2.24, 2.45) is 5.73 Å². The Morgan fingerprint density at radius 2 is 2.50 bits per heavy atom. The first kappa shape index (κ1) is 7.48. The van der Waals surface area contributed by atoms with Crippen molar-refractivity contribution < 1.29 is 4.74 Å². The predicted molar refractivity (Wildman–Crippen MR) is 33.3 cm³/mol. The van der Waals surface area contributed by atoms with Crippen molar-refractivity contribution >= 4 is 0 Å². The Morgan fingerprint density at radius 1 is 1.88 bits per heavy atom. The molecular weight excluding hydrogens is 102 g/mol. The van der Waals surface area contributed by atoms with Gasteiger partial charge >= 0.3 is 0 Å². The van der Waals surface area contributed by atoms with Gasteiger partial charge in [-0.2, -0.15) is 0 Å². The van der Waals surface area contributed by atoms with E-state index in [-0.39, 0.29) is 6.04 Å². The molecule has 0 spiro atoms. The van der Waals surface area contributed by atoms with Gasteiger partial charge in [0.25, 0.3) is 0 Å². The minimum atomic E-state index is 0.00463. The third kappa shape index (κ3) is 3.66. The highest BCUT2D eigenvalue weighted by molar-refractivity contribution is 4.88. The first-order valence-corrected chi connectivity index (χ1v) is 2.49. The highest BCUT2D eigenvalue weighted by Crippen LogP contribution is 1.83. The molecule has 8 heavy (non-hydrogen) atoms. The third-order valence-corrected chi connectivity index (χ3v) is 0.761. The molecule has 0 amide bonds. The summed E-state index contributed by atoms with van der Waals surface area (Å²) in [6.07, 6.45) is 5.57. The van der Waals surface area contributed by atoms with E-state index in [1.54, 1.807) is 7.11 Å². The fraction of sp³-hybridized carbons (Fsp3) is 0.667. The molecule has 2 heteroatoms. The number of terminal acetylenes is 1. The monoisotopic (exact) mass is 113 g/mol. The van der Waals surface area contributed by atoms with Gasteiger partial charge < -0.3 is 10.5 Å². The summed E-state index contributed by atoms with van der Waals surface area (Å²) in [5, 5.41) is 0. The van der Waals surface area contributed by atoms with E-state index in [0.717, 1.165) is 0 Å². The largest absolute Gasteiger partial charge is 0.383 e. The molecule has 0 aromatic rings. The maximum atomic E-state index is 5.43. The minimum Gasteiger partial charge on any atom is -0.383 e. The van der Waals surface area contributed by atoms with Crippen molar-refractivity contribution in [3.05, 3.63) is 0 Å². The SMILES string of the molecule is C#CC[C@H](N)COC. The smallest absolute Gasteiger partial charge is 0.0623 e. The first-order chi connectivity index (χ1) is 3.81. The molecule has 0 aromatic carbocycles. The van der Waals surface area contributed by atoms with Gasteiger partial charge in [-0.25, -0.2) is 0 Å². The molecule has 0 saturated carbocycles. The standard InChI is InChI=1S/C6H11NO/c1-3-4-6(7)5-8-2/h1,6H,4-5,7H2,2H3/t6-/m0/s1. The van der Waals surface area contributed by atoms with Crippen LogP contribution in [0.5, 0.6) is 0 Å². The van der Waals surface area contributed by atoms with Crippen LogP contribution in [0.3, 0.4) is 0 Å². The maximum absolute atomic E-state index is 5.43. The first-order valence-electron chi connectivity index (χ1n) is 2.49. The van der Waals surface area contributed by atoms with Crippen molar-refractivity contribution in [2.45, 2.75) is 12.5 Å². The summed E-state index contributed by atoms with van der Waals surface area (Å²) in [5.74, 6) is 2.45. The summed E-state index contributed by atoms with van der Waals surface area (Å²) in [6.45, 7) is 0.546. The van der Waals surface area contributed by atoms with Crippen molar-refractivity contribution in [1.82, 2.24) is 0 Å². The molecule has 0 aromatic heterocycles. The maximum Gasteiger partial charge on any atom is 0.0623 e. The van der Waals surface area contributed by atoms with Gasteiger partial charge in [-0.3, -0.25) is 0 Å². The number of methoxy groups -OCH3 is 1. The van der Waals surface area contributed by atoms with Gasteiger partial charge in [0.15, 0.2) is 0 Å². The van der Waals surface area contributed by atoms with Gasteiger partial charge in [0.05, 0.1) is 6.61 Å². The topological polar surface area (TPSA) is 35.2 Å². The molecule has 0 aliphatic heterocycles. The lowest BCUT2D eigenvalue weighted by Gasteiger charge is -2.03. The Balaban J connectivity index is 3.08. The molecule has 1 atom stereocenters. The van der Waals surface area contributed by atoms with Crippen LogP contribution in [0.15, 0.2) is 0 Å². The van der Waals surface area contributed by atoms with E-state index in [1.807, 2.05) is 0 Å². The highest BCUT2D eigenvalue weighted by Gasteiger charge is 1.95. The molecule has 0 rings (SSSR count). The van der Waals surface area contributed by atoms with E-state index in [1.165, 1.54) is 0 Å². The highest BCUT2D eigenvalue weighted by atomic mass is 16.5. The van der Waals surface area contributed by atoms with Crippen molar-refractivity contribution in [1.29, 1.82) is 0 Å². The van der Waals surface area contributed by atoms with E-state index in [2.05, 4.69) is 5.92 Å². The summed E-state index contributed by atoms with van der Waals surface area (Å²) in [6, 6.07) is 0.00463. The molecule has 2 N–H and O–H groups in total. The number of hydrogen-bond donors (Lipinski definition) is 1. The second kappa shape index (κ2) is 4.63. The Bertz CT molecular complexity index is 85.0. The van der Waals surface area contributed by atoms with Crippen molar-refractivity contribution in [3.8, 4) is 12.3 Å². The summed E-state index contributed by atoms with van der Waals surface area (Å²) in [7, 11) is 1.61. The van der Waals surface area contributed by atoms with Gasteiger partial charge in [0.1, 0.15) is 0 Å².